The number of aldehydes is 1. The minimum Gasteiger partial charge on any atom is -0.297 e. The van der Waals surface area contributed by atoms with Crippen LogP contribution in [0.1, 0.15) is 15.4 Å². The molecule has 0 aliphatic rings. The first-order valence-corrected chi connectivity index (χ1v) is 6.29. The lowest BCUT2D eigenvalue weighted by molar-refractivity contribution is 0.112. The summed E-state index contributed by atoms with van der Waals surface area (Å²) in [4.78, 5) is 23.4. The zero-order valence-electron chi connectivity index (χ0n) is 8.18. The minimum atomic E-state index is 0.232. The van der Waals surface area contributed by atoms with Gasteiger partial charge in [0.15, 0.2) is 20.9 Å². The van der Waals surface area contributed by atoms with Crippen molar-refractivity contribution in [1.82, 2.24) is 15.0 Å². The average molecular weight is 272 g/mol. The summed E-state index contributed by atoms with van der Waals surface area (Å²) in [5, 5.41) is 0.831. The number of carbonyl (C=O) groups excluding carboxylic acids is 1. The van der Waals surface area contributed by atoms with Crippen LogP contribution in [0.4, 0.5) is 0 Å². The van der Waals surface area contributed by atoms with Crippen molar-refractivity contribution in [3.8, 4) is 0 Å². The number of hydrogen-bond acceptors (Lipinski definition) is 6. The first-order valence-electron chi connectivity index (χ1n) is 4.28. The Hall–Kier alpha value is -0.980. The lowest BCUT2D eigenvalue weighted by Gasteiger charge is -1.95. The van der Waals surface area contributed by atoms with Gasteiger partial charge in [0.25, 0.3) is 0 Å². The minimum absolute atomic E-state index is 0.232. The number of hydrogen-bond donors (Lipinski definition) is 0. The van der Waals surface area contributed by atoms with Gasteiger partial charge in [0, 0.05) is 11.9 Å². The van der Waals surface area contributed by atoms with Gasteiger partial charge in [0.2, 0.25) is 0 Å². The standard InChI is InChI=1S/C9H6ClN3OS2/c1-5-2-3-11-8(12-5)16-9-13-7(10)6(4-14)15-9/h2-4H,1H3. The highest BCUT2D eigenvalue weighted by atomic mass is 35.5. The van der Waals surface area contributed by atoms with E-state index >= 15 is 0 Å². The van der Waals surface area contributed by atoms with E-state index in [1.807, 2.05) is 13.0 Å². The maximum absolute atomic E-state index is 10.6. The van der Waals surface area contributed by atoms with Gasteiger partial charge < -0.3 is 0 Å². The van der Waals surface area contributed by atoms with Crippen LogP contribution < -0.4 is 0 Å². The third-order valence-corrected chi connectivity index (χ3v) is 3.97. The number of thiazole rings is 1. The van der Waals surface area contributed by atoms with Crippen molar-refractivity contribution in [3.05, 3.63) is 28.0 Å². The van der Waals surface area contributed by atoms with Crippen LogP contribution in [0.5, 0.6) is 0 Å². The average Bonchev–Trinajstić information content (AvgIpc) is 2.58. The van der Waals surface area contributed by atoms with E-state index in [1.54, 1.807) is 6.20 Å². The molecule has 16 heavy (non-hydrogen) atoms. The van der Waals surface area contributed by atoms with Gasteiger partial charge in [-0.25, -0.2) is 15.0 Å². The SMILES string of the molecule is Cc1ccnc(Sc2nc(Cl)c(C=O)s2)n1. The number of carbonyl (C=O) groups is 1. The van der Waals surface area contributed by atoms with Crippen molar-refractivity contribution < 1.29 is 4.79 Å². The summed E-state index contributed by atoms with van der Waals surface area (Å²) in [6, 6.07) is 1.82. The molecule has 2 heterocycles. The maximum atomic E-state index is 10.6. The van der Waals surface area contributed by atoms with Crippen LogP contribution in [0.3, 0.4) is 0 Å². The molecule has 0 saturated heterocycles. The van der Waals surface area contributed by atoms with Crippen LogP contribution in [-0.4, -0.2) is 21.2 Å². The second kappa shape index (κ2) is 4.90. The summed E-state index contributed by atoms with van der Waals surface area (Å²) in [6.07, 6.45) is 2.38. The molecule has 0 N–H and O–H groups in total. The van der Waals surface area contributed by atoms with E-state index in [4.69, 9.17) is 11.6 Å². The zero-order valence-corrected chi connectivity index (χ0v) is 10.6. The molecule has 0 radical (unpaired) electrons. The molecule has 0 unspecified atom stereocenters. The molecule has 2 aromatic heterocycles. The molecular formula is C9H6ClN3OS2. The van der Waals surface area contributed by atoms with Crippen LogP contribution >= 0.6 is 34.7 Å². The Bertz CT molecular complexity index is 529. The van der Waals surface area contributed by atoms with Gasteiger partial charge in [0.05, 0.1) is 0 Å². The topological polar surface area (TPSA) is 55.7 Å². The van der Waals surface area contributed by atoms with Gasteiger partial charge in [-0.3, -0.25) is 4.79 Å². The Balaban J connectivity index is 2.23. The van der Waals surface area contributed by atoms with Gasteiger partial charge >= 0.3 is 0 Å². The molecule has 0 aromatic carbocycles. The molecule has 0 bridgehead atoms. The Morgan fingerprint density at radius 2 is 2.31 bits per heavy atom. The fourth-order valence-corrected chi connectivity index (χ4v) is 3.07. The van der Waals surface area contributed by atoms with E-state index in [2.05, 4.69) is 15.0 Å². The van der Waals surface area contributed by atoms with Crippen molar-refractivity contribution in [3.63, 3.8) is 0 Å². The van der Waals surface area contributed by atoms with Crippen molar-refractivity contribution in [2.45, 2.75) is 16.4 Å². The van der Waals surface area contributed by atoms with Crippen LogP contribution in [0.25, 0.3) is 0 Å². The van der Waals surface area contributed by atoms with Gasteiger partial charge in [-0.15, -0.1) is 11.3 Å². The molecular weight excluding hydrogens is 266 g/mol. The quantitative estimate of drug-likeness (QED) is 0.635. The molecule has 0 amide bonds. The monoisotopic (exact) mass is 271 g/mol. The van der Waals surface area contributed by atoms with E-state index in [0.29, 0.717) is 20.7 Å². The fraction of sp³-hybridized carbons (Fsp3) is 0.111. The first kappa shape index (κ1) is 11.5. The maximum Gasteiger partial charge on any atom is 0.194 e. The lowest BCUT2D eigenvalue weighted by Crippen LogP contribution is -1.87. The summed E-state index contributed by atoms with van der Waals surface area (Å²) in [5.41, 5.74) is 0.885. The van der Waals surface area contributed by atoms with E-state index in [0.717, 1.165) is 5.69 Å². The highest BCUT2D eigenvalue weighted by Gasteiger charge is 2.10. The zero-order chi connectivity index (χ0) is 11.5. The molecule has 2 rings (SSSR count). The molecule has 0 spiro atoms. The van der Waals surface area contributed by atoms with Crippen LogP contribution in [0, 0.1) is 6.92 Å². The van der Waals surface area contributed by atoms with Crippen molar-refractivity contribution in [1.29, 1.82) is 0 Å². The van der Waals surface area contributed by atoms with Crippen LogP contribution in [-0.2, 0) is 0 Å². The van der Waals surface area contributed by atoms with Gasteiger partial charge in [-0.1, -0.05) is 11.6 Å². The summed E-state index contributed by atoms with van der Waals surface area (Å²) in [5.74, 6) is 0. The highest BCUT2D eigenvalue weighted by molar-refractivity contribution is 8.00. The largest absolute Gasteiger partial charge is 0.297 e. The second-order valence-electron chi connectivity index (χ2n) is 2.84. The van der Waals surface area contributed by atoms with E-state index < -0.39 is 0 Å². The molecule has 0 aliphatic carbocycles. The summed E-state index contributed by atoms with van der Waals surface area (Å²) in [6.45, 7) is 1.89. The lowest BCUT2D eigenvalue weighted by atomic mass is 10.5. The number of aryl methyl sites for hydroxylation is 1. The predicted octanol–water partition coefficient (Wildman–Crippen LogP) is 2.86. The third-order valence-electron chi connectivity index (χ3n) is 1.65. The number of halogens is 1. The molecule has 0 saturated carbocycles. The van der Waals surface area contributed by atoms with Crippen molar-refractivity contribution in [2.75, 3.05) is 0 Å². The predicted molar refractivity (Wildman–Crippen MR) is 63.4 cm³/mol. The Labute approximate surface area is 105 Å². The molecule has 4 nitrogen and oxygen atoms in total. The van der Waals surface area contributed by atoms with E-state index in [1.165, 1.54) is 23.1 Å². The van der Waals surface area contributed by atoms with Gasteiger partial charge in [0.1, 0.15) is 4.88 Å². The molecule has 0 atom stereocenters. The Kier molecular flexibility index (Phi) is 3.52. The van der Waals surface area contributed by atoms with Crippen molar-refractivity contribution in [2.24, 2.45) is 0 Å². The fourth-order valence-electron chi connectivity index (χ4n) is 0.964. The molecule has 0 fully saturated rings. The summed E-state index contributed by atoms with van der Waals surface area (Å²) >= 11 is 8.28. The van der Waals surface area contributed by atoms with Gasteiger partial charge in [-0.05, 0) is 24.8 Å². The highest BCUT2D eigenvalue weighted by Crippen LogP contribution is 2.32. The molecule has 82 valence electrons. The van der Waals surface area contributed by atoms with Crippen molar-refractivity contribution >= 4 is 41.0 Å². The van der Waals surface area contributed by atoms with Gasteiger partial charge in [-0.2, -0.15) is 0 Å². The molecule has 7 heteroatoms. The first-order chi connectivity index (χ1) is 7.69. The summed E-state index contributed by atoms with van der Waals surface area (Å²) in [7, 11) is 0. The molecule has 2 aromatic rings. The number of nitrogens with zero attached hydrogens (tertiary/aromatic N) is 3. The number of rotatable bonds is 3. The Morgan fingerprint density at radius 3 is 2.94 bits per heavy atom. The Morgan fingerprint density at radius 1 is 1.50 bits per heavy atom. The summed E-state index contributed by atoms with van der Waals surface area (Å²) < 4.78 is 0.665. The number of aromatic nitrogens is 3. The molecule has 0 aliphatic heterocycles. The normalized spacial score (nSPS) is 10.4. The van der Waals surface area contributed by atoms with E-state index in [9.17, 15) is 4.79 Å². The van der Waals surface area contributed by atoms with Crippen LogP contribution in [0.2, 0.25) is 5.15 Å². The van der Waals surface area contributed by atoms with Crippen LogP contribution in [0.15, 0.2) is 21.8 Å². The third kappa shape index (κ3) is 2.58. The second-order valence-corrected chi connectivity index (χ2v) is 5.44. The smallest absolute Gasteiger partial charge is 0.194 e. The van der Waals surface area contributed by atoms with E-state index in [-0.39, 0.29) is 5.15 Å².